The molecule has 0 N–H and O–H groups in total. The summed E-state index contributed by atoms with van der Waals surface area (Å²) < 4.78 is 0. The number of allylic oxidation sites excluding steroid dienone is 1. The molecule has 4 aromatic rings. The van der Waals surface area contributed by atoms with Gasteiger partial charge < -0.3 is 0 Å². The first-order valence-electron chi connectivity index (χ1n) is 8.95. The summed E-state index contributed by atoms with van der Waals surface area (Å²) in [6.07, 6.45) is 5.03. The smallest absolute Gasteiger partial charge is 0.0739 e. The molecular weight excluding hydrogens is 314 g/mol. The van der Waals surface area contributed by atoms with Crippen LogP contribution in [0.25, 0.3) is 22.6 Å². The normalized spacial score (nSPS) is 11.7. The third-order valence-corrected chi connectivity index (χ3v) is 4.77. The first-order chi connectivity index (χ1) is 12.8. The molecule has 0 bridgehead atoms. The molecule has 0 saturated heterocycles. The molecule has 0 unspecified atom stereocenters. The molecule has 1 nitrogen and oxygen atoms in total. The fourth-order valence-corrected chi connectivity index (χ4v) is 3.36. The van der Waals surface area contributed by atoms with E-state index in [1.807, 2.05) is 12.3 Å². The third kappa shape index (κ3) is 3.43. The zero-order valence-corrected chi connectivity index (χ0v) is 14.9. The molecule has 26 heavy (non-hydrogen) atoms. The van der Waals surface area contributed by atoms with Crippen LogP contribution >= 0.6 is 0 Å². The van der Waals surface area contributed by atoms with Gasteiger partial charge in [-0.25, -0.2) is 0 Å². The van der Waals surface area contributed by atoms with Gasteiger partial charge in [0.25, 0.3) is 0 Å². The van der Waals surface area contributed by atoms with Gasteiger partial charge in [-0.05, 0) is 40.8 Å². The zero-order chi connectivity index (χ0) is 17.8. The van der Waals surface area contributed by atoms with Crippen LogP contribution < -0.4 is 0 Å². The van der Waals surface area contributed by atoms with Gasteiger partial charge in [0.05, 0.1) is 5.52 Å². The van der Waals surface area contributed by atoms with E-state index in [9.17, 15) is 0 Å². The zero-order valence-electron chi connectivity index (χ0n) is 14.9. The number of pyridine rings is 1. The number of nitrogens with zero attached hydrogens (tertiary/aromatic N) is 1. The Bertz CT molecular complexity index is 1050. The van der Waals surface area contributed by atoms with Gasteiger partial charge in [0.2, 0.25) is 0 Å². The summed E-state index contributed by atoms with van der Waals surface area (Å²) in [5, 5.41) is 1.19. The first-order valence-corrected chi connectivity index (χ1v) is 8.95. The molecule has 3 aromatic carbocycles. The van der Waals surface area contributed by atoms with Crippen molar-refractivity contribution in [3.8, 4) is 0 Å². The highest BCUT2D eigenvalue weighted by Gasteiger charge is 2.10. The van der Waals surface area contributed by atoms with Crippen molar-refractivity contribution in [3.63, 3.8) is 0 Å². The highest BCUT2D eigenvalue weighted by molar-refractivity contribution is 5.88. The Morgan fingerprint density at radius 1 is 0.808 bits per heavy atom. The minimum atomic E-state index is 0.860. The lowest BCUT2D eigenvalue weighted by Gasteiger charge is -2.13. The molecule has 0 aliphatic carbocycles. The number of benzene rings is 3. The van der Waals surface area contributed by atoms with Crippen LogP contribution in [-0.2, 0) is 6.42 Å². The lowest BCUT2D eigenvalue weighted by atomic mass is 9.92. The first kappa shape index (κ1) is 16.3. The summed E-state index contributed by atoms with van der Waals surface area (Å²) in [5.74, 6) is 0. The molecule has 0 fully saturated rings. The highest BCUT2D eigenvalue weighted by atomic mass is 14.6. The molecule has 1 heteroatoms. The van der Waals surface area contributed by atoms with E-state index in [2.05, 4.69) is 96.8 Å². The molecule has 0 amide bonds. The fraction of sp³-hybridized carbons (Fsp3) is 0.0800. The summed E-state index contributed by atoms with van der Waals surface area (Å²) in [5.41, 5.74) is 7.46. The second-order valence-electron chi connectivity index (χ2n) is 6.56. The predicted octanol–water partition coefficient (Wildman–Crippen LogP) is 6.33. The molecule has 0 atom stereocenters. The van der Waals surface area contributed by atoms with E-state index >= 15 is 0 Å². The molecule has 4 rings (SSSR count). The van der Waals surface area contributed by atoms with Crippen LogP contribution in [0.5, 0.6) is 0 Å². The Balaban J connectivity index is 1.84. The maximum absolute atomic E-state index is 4.67. The van der Waals surface area contributed by atoms with Gasteiger partial charge in [-0.15, -0.1) is 0 Å². The van der Waals surface area contributed by atoms with E-state index in [0.29, 0.717) is 0 Å². The topological polar surface area (TPSA) is 12.9 Å². The molecule has 0 radical (unpaired) electrons. The third-order valence-electron chi connectivity index (χ3n) is 4.77. The van der Waals surface area contributed by atoms with E-state index in [4.69, 9.17) is 0 Å². The van der Waals surface area contributed by atoms with Crippen LogP contribution in [-0.4, -0.2) is 4.98 Å². The van der Waals surface area contributed by atoms with Crippen molar-refractivity contribution in [3.05, 3.63) is 113 Å². The summed E-state index contributed by atoms with van der Waals surface area (Å²) in [4.78, 5) is 4.67. The number of aryl methyl sites for hydroxylation is 1. The van der Waals surface area contributed by atoms with Crippen molar-refractivity contribution < 1.29 is 0 Å². The lowest BCUT2D eigenvalue weighted by molar-refractivity contribution is 1.23. The second kappa shape index (κ2) is 7.37. The molecule has 0 aliphatic rings. The van der Waals surface area contributed by atoms with Crippen molar-refractivity contribution in [2.24, 2.45) is 0 Å². The fourth-order valence-electron chi connectivity index (χ4n) is 3.36. The monoisotopic (exact) mass is 335 g/mol. The quantitative estimate of drug-likeness (QED) is 0.397. The van der Waals surface area contributed by atoms with Crippen LogP contribution in [0.2, 0.25) is 0 Å². The average Bonchev–Trinajstić information content (AvgIpc) is 2.71. The second-order valence-corrected chi connectivity index (χ2v) is 6.56. The van der Waals surface area contributed by atoms with Crippen molar-refractivity contribution in [1.29, 1.82) is 0 Å². The van der Waals surface area contributed by atoms with Crippen LogP contribution in [0.1, 0.15) is 22.3 Å². The van der Waals surface area contributed by atoms with Gasteiger partial charge >= 0.3 is 0 Å². The maximum atomic E-state index is 4.67. The van der Waals surface area contributed by atoms with Gasteiger partial charge in [-0.1, -0.05) is 84.9 Å². The number of hydrogen-bond acceptors (Lipinski definition) is 1. The highest BCUT2D eigenvalue weighted by Crippen LogP contribution is 2.28. The van der Waals surface area contributed by atoms with Gasteiger partial charge in [0.1, 0.15) is 0 Å². The van der Waals surface area contributed by atoms with E-state index < -0.39 is 0 Å². The lowest BCUT2D eigenvalue weighted by Crippen LogP contribution is -1.97. The van der Waals surface area contributed by atoms with Gasteiger partial charge in [-0.3, -0.25) is 4.98 Å². The van der Waals surface area contributed by atoms with Crippen LogP contribution in [0.15, 0.2) is 91.1 Å². The Hall–Kier alpha value is -3.19. The van der Waals surface area contributed by atoms with Crippen LogP contribution in [0.3, 0.4) is 0 Å². The molecular formula is C25H21N. The largest absolute Gasteiger partial charge is 0.256 e. The minimum absolute atomic E-state index is 0.860. The van der Waals surface area contributed by atoms with Crippen LogP contribution in [0.4, 0.5) is 0 Å². The summed E-state index contributed by atoms with van der Waals surface area (Å²) in [7, 11) is 0. The van der Waals surface area contributed by atoms with E-state index in [-0.39, 0.29) is 0 Å². The number of aromatic nitrogens is 1. The summed E-state index contributed by atoms with van der Waals surface area (Å²) in [6, 6.07) is 29.6. The van der Waals surface area contributed by atoms with Crippen molar-refractivity contribution in [1.82, 2.24) is 4.98 Å². The van der Waals surface area contributed by atoms with Gasteiger partial charge in [0.15, 0.2) is 0 Å². The Kier molecular flexibility index (Phi) is 4.61. The number of hydrogen-bond donors (Lipinski definition) is 0. The molecule has 1 heterocycles. The SMILES string of the molecule is Cc1ccc2cccnc2c1C/C(=C/c1ccccc1)c1ccccc1. The molecule has 0 aliphatic heterocycles. The minimum Gasteiger partial charge on any atom is -0.256 e. The number of fused-ring (bicyclic) bond motifs is 1. The predicted molar refractivity (Wildman–Crippen MR) is 111 cm³/mol. The summed E-state index contributed by atoms with van der Waals surface area (Å²) in [6.45, 7) is 2.18. The van der Waals surface area contributed by atoms with E-state index in [0.717, 1.165) is 11.9 Å². The maximum Gasteiger partial charge on any atom is 0.0739 e. The Morgan fingerprint density at radius 3 is 2.31 bits per heavy atom. The van der Waals surface area contributed by atoms with Crippen molar-refractivity contribution >= 4 is 22.6 Å². The molecule has 0 saturated carbocycles. The standard InChI is InChI=1S/C25H21N/c1-19-14-15-22-13-8-16-26-25(22)24(19)18-23(21-11-6-3-7-12-21)17-20-9-4-2-5-10-20/h2-17H,18H2,1H3/b23-17-. The number of rotatable bonds is 4. The molecule has 0 spiro atoms. The average molecular weight is 335 g/mol. The van der Waals surface area contributed by atoms with E-state index in [1.54, 1.807) is 0 Å². The van der Waals surface area contributed by atoms with E-state index in [1.165, 1.54) is 33.2 Å². The summed E-state index contributed by atoms with van der Waals surface area (Å²) >= 11 is 0. The van der Waals surface area contributed by atoms with Crippen molar-refractivity contribution in [2.45, 2.75) is 13.3 Å². The van der Waals surface area contributed by atoms with Gasteiger partial charge in [-0.2, -0.15) is 0 Å². The Labute approximate surface area is 154 Å². The molecule has 1 aromatic heterocycles. The van der Waals surface area contributed by atoms with Crippen LogP contribution in [0, 0.1) is 6.92 Å². The Morgan fingerprint density at radius 2 is 1.54 bits per heavy atom. The molecule has 126 valence electrons. The van der Waals surface area contributed by atoms with Gasteiger partial charge in [0, 0.05) is 18.0 Å². The van der Waals surface area contributed by atoms with Crippen molar-refractivity contribution in [2.75, 3.05) is 0 Å².